The number of nitrogens with zero attached hydrogens (tertiary/aromatic N) is 2. The molecule has 7 heteroatoms. The number of fused-ring (bicyclic) bond motifs is 1. The van der Waals surface area contributed by atoms with Gasteiger partial charge in [0.1, 0.15) is 11.0 Å². The fraction of sp³-hybridized carbons (Fsp3) is 0.200. The first-order chi connectivity index (χ1) is 13.1. The second-order valence-electron chi connectivity index (χ2n) is 5.03. The van der Waals surface area contributed by atoms with Crippen LogP contribution in [0.25, 0.3) is 11.0 Å². The smallest absolute Gasteiger partial charge is 0.154 e. The van der Waals surface area contributed by atoms with Crippen LogP contribution in [0, 0.1) is 0 Å². The zero-order valence-electron chi connectivity index (χ0n) is 15.5. The van der Waals surface area contributed by atoms with E-state index in [9.17, 15) is 19.8 Å². The molecule has 0 aliphatic heterocycles. The Morgan fingerprint density at radius 3 is 1.70 bits per heavy atom. The van der Waals surface area contributed by atoms with Crippen molar-refractivity contribution >= 4 is 23.6 Å². The summed E-state index contributed by atoms with van der Waals surface area (Å²) in [6, 6.07) is 10.3. The number of phenols is 2. The summed E-state index contributed by atoms with van der Waals surface area (Å²) < 4.78 is 0. The summed E-state index contributed by atoms with van der Waals surface area (Å²) in [4.78, 5) is 29.0. The fourth-order valence-corrected chi connectivity index (χ4v) is 2.23. The number of aldehydes is 2. The molecule has 1 heterocycles. The van der Waals surface area contributed by atoms with Crippen LogP contribution >= 0.6 is 0 Å². The molecule has 0 radical (unpaired) electrons. The molecule has 0 saturated heterocycles. The van der Waals surface area contributed by atoms with Crippen molar-refractivity contribution in [2.45, 2.75) is 20.4 Å². The van der Waals surface area contributed by atoms with E-state index in [0.29, 0.717) is 0 Å². The normalized spacial score (nSPS) is 9.44. The minimum absolute atomic E-state index is 0.0206. The van der Waals surface area contributed by atoms with Gasteiger partial charge in [-0.1, -0.05) is 44.2 Å². The third kappa shape index (κ3) is 5.32. The van der Waals surface area contributed by atoms with Gasteiger partial charge in [-0.3, -0.25) is 9.59 Å². The Hall–Kier alpha value is -3.32. The molecule has 3 aromatic rings. The van der Waals surface area contributed by atoms with Crippen LogP contribution in [0.1, 0.15) is 40.1 Å². The third-order valence-electron chi connectivity index (χ3n) is 3.41. The van der Waals surface area contributed by atoms with Crippen molar-refractivity contribution in [1.82, 2.24) is 15.3 Å². The minimum Gasteiger partial charge on any atom is -0.505 e. The molecule has 27 heavy (non-hydrogen) atoms. The van der Waals surface area contributed by atoms with E-state index >= 15 is 0 Å². The molecule has 0 aliphatic rings. The molecule has 0 bridgehead atoms. The average Bonchev–Trinajstić information content (AvgIpc) is 2.73. The predicted molar refractivity (Wildman–Crippen MR) is 104 cm³/mol. The van der Waals surface area contributed by atoms with Gasteiger partial charge in [0.25, 0.3) is 0 Å². The van der Waals surface area contributed by atoms with E-state index < -0.39 is 11.5 Å². The lowest BCUT2D eigenvalue weighted by molar-refractivity contribution is 0.109. The Labute approximate surface area is 157 Å². The van der Waals surface area contributed by atoms with Gasteiger partial charge in [-0.05, 0) is 12.6 Å². The molecule has 0 fully saturated rings. The summed E-state index contributed by atoms with van der Waals surface area (Å²) in [5.41, 5.74) is 0.710. The van der Waals surface area contributed by atoms with Crippen LogP contribution < -0.4 is 5.32 Å². The molecule has 0 aliphatic carbocycles. The van der Waals surface area contributed by atoms with E-state index in [1.807, 2.05) is 39.1 Å². The van der Waals surface area contributed by atoms with Gasteiger partial charge >= 0.3 is 0 Å². The van der Waals surface area contributed by atoms with Gasteiger partial charge in [0.05, 0.1) is 11.1 Å². The monoisotopic (exact) mass is 369 g/mol. The molecule has 0 amide bonds. The molecule has 2 aromatic carbocycles. The van der Waals surface area contributed by atoms with Crippen LogP contribution in [0.2, 0.25) is 0 Å². The number of benzene rings is 2. The first kappa shape index (κ1) is 21.7. The highest BCUT2D eigenvalue weighted by atomic mass is 16.3. The van der Waals surface area contributed by atoms with Crippen molar-refractivity contribution in [2.24, 2.45) is 0 Å². The first-order valence-electron chi connectivity index (χ1n) is 8.41. The molecule has 3 N–H and O–H groups in total. The van der Waals surface area contributed by atoms with Crippen LogP contribution in [-0.4, -0.2) is 39.8 Å². The van der Waals surface area contributed by atoms with E-state index in [0.717, 1.165) is 6.54 Å². The maximum Gasteiger partial charge on any atom is 0.154 e. The maximum atomic E-state index is 10.7. The van der Waals surface area contributed by atoms with Crippen molar-refractivity contribution in [2.75, 3.05) is 7.05 Å². The molecule has 0 saturated carbocycles. The first-order valence-corrected chi connectivity index (χ1v) is 8.41. The van der Waals surface area contributed by atoms with Crippen LogP contribution in [-0.2, 0) is 6.54 Å². The summed E-state index contributed by atoms with van der Waals surface area (Å²) in [5.74, 6) is -0.920. The molecular formula is C20H23N3O4. The minimum atomic E-state index is -0.460. The Morgan fingerprint density at radius 1 is 0.889 bits per heavy atom. The van der Waals surface area contributed by atoms with E-state index in [-0.39, 0.29) is 34.7 Å². The van der Waals surface area contributed by atoms with Gasteiger partial charge in [-0.15, -0.1) is 0 Å². The summed E-state index contributed by atoms with van der Waals surface area (Å²) in [7, 11) is 1.95. The molecule has 1 aromatic heterocycles. The van der Waals surface area contributed by atoms with Gasteiger partial charge in [-0.2, -0.15) is 0 Å². The third-order valence-corrected chi connectivity index (χ3v) is 3.41. The predicted octanol–water partition coefficient (Wildman–Crippen LogP) is 3.10. The maximum absolute atomic E-state index is 10.7. The van der Waals surface area contributed by atoms with Crippen LogP contribution in [0.15, 0.2) is 42.7 Å². The summed E-state index contributed by atoms with van der Waals surface area (Å²) in [6.45, 7) is 4.96. The summed E-state index contributed by atoms with van der Waals surface area (Å²) in [6.07, 6.45) is 3.17. The van der Waals surface area contributed by atoms with E-state index in [1.54, 1.807) is 0 Å². The van der Waals surface area contributed by atoms with Crippen LogP contribution in [0.3, 0.4) is 0 Å². The number of hydrogen-bond donors (Lipinski definition) is 3. The quantitative estimate of drug-likeness (QED) is 0.478. The molecule has 0 spiro atoms. The van der Waals surface area contributed by atoms with Crippen molar-refractivity contribution in [3.63, 3.8) is 0 Å². The lowest BCUT2D eigenvalue weighted by atomic mass is 10.1. The topological polar surface area (TPSA) is 112 Å². The Morgan fingerprint density at radius 2 is 1.33 bits per heavy atom. The van der Waals surface area contributed by atoms with Crippen molar-refractivity contribution in [3.05, 3.63) is 59.4 Å². The highest BCUT2D eigenvalue weighted by Gasteiger charge is 2.19. The van der Waals surface area contributed by atoms with E-state index in [4.69, 9.17) is 0 Å². The summed E-state index contributed by atoms with van der Waals surface area (Å²) >= 11 is 0. The number of aromatic hydroxyl groups is 2. The number of carbonyl (C=O) groups is 2. The van der Waals surface area contributed by atoms with Crippen molar-refractivity contribution in [1.29, 1.82) is 0 Å². The van der Waals surface area contributed by atoms with Crippen molar-refractivity contribution in [3.8, 4) is 11.5 Å². The standard InChI is InChI=1S/C10H6N2O4.C8H11N.C2H6/c13-3-5-6(4-14)10(16)8-7(9(5)15)11-1-2-12-8;1-9-7-8-5-3-2-4-6-8;1-2/h1-4,15-16H;2-6,9H,7H2,1H3;1-2H3. The summed E-state index contributed by atoms with van der Waals surface area (Å²) in [5, 5.41) is 22.4. The fourth-order valence-electron chi connectivity index (χ4n) is 2.23. The lowest BCUT2D eigenvalue weighted by Gasteiger charge is -2.07. The Bertz CT molecular complexity index is 831. The number of hydrogen-bond acceptors (Lipinski definition) is 7. The molecule has 3 rings (SSSR count). The number of carbonyl (C=O) groups excluding carboxylic acids is 2. The molecule has 7 nitrogen and oxygen atoms in total. The number of nitrogens with one attached hydrogen (secondary N) is 1. The van der Waals surface area contributed by atoms with E-state index in [2.05, 4.69) is 27.4 Å². The van der Waals surface area contributed by atoms with Gasteiger partial charge in [0.2, 0.25) is 0 Å². The zero-order valence-corrected chi connectivity index (χ0v) is 15.5. The second-order valence-corrected chi connectivity index (χ2v) is 5.03. The lowest BCUT2D eigenvalue weighted by Crippen LogP contribution is -2.04. The highest BCUT2D eigenvalue weighted by molar-refractivity contribution is 6.05. The van der Waals surface area contributed by atoms with Gasteiger partial charge in [0, 0.05) is 18.9 Å². The average molecular weight is 369 g/mol. The van der Waals surface area contributed by atoms with Crippen molar-refractivity contribution < 1.29 is 19.8 Å². The molecule has 0 unspecified atom stereocenters. The number of phenolic OH excluding ortho intramolecular Hbond substituents is 2. The molecular weight excluding hydrogens is 346 g/mol. The zero-order chi connectivity index (χ0) is 20.2. The largest absolute Gasteiger partial charge is 0.505 e. The second kappa shape index (κ2) is 11.3. The SMILES string of the molecule is CC.CNCc1ccccc1.O=Cc1c(C=O)c(O)c2nccnc2c1O. The number of rotatable bonds is 4. The Balaban J connectivity index is 0.000000282. The van der Waals surface area contributed by atoms with Gasteiger partial charge < -0.3 is 15.5 Å². The van der Waals surface area contributed by atoms with Crippen LogP contribution in [0.4, 0.5) is 0 Å². The molecule has 142 valence electrons. The highest BCUT2D eigenvalue weighted by Crippen LogP contribution is 2.35. The number of aromatic nitrogens is 2. The van der Waals surface area contributed by atoms with Crippen LogP contribution in [0.5, 0.6) is 11.5 Å². The molecule has 0 atom stereocenters. The van der Waals surface area contributed by atoms with Gasteiger partial charge in [0.15, 0.2) is 24.1 Å². The van der Waals surface area contributed by atoms with Gasteiger partial charge in [-0.25, -0.2) is 9.97 Å². The van der Waals surface area contributed by atoms with E-state index in [1.165, 1.54) is 18.0 Å². The Kier molecular flexibility index (Phi) is 9.11.